The molecule has 6 heteroatoms. The van der Waals surface area contributed by atoms with E-state index in [0.29, 0.717) is 16.1 Å². The third-order valence-corrected chi connectivity index (χ3v) is 6.35. The average molecular weight is 444 g/mol. The molecule has 4 aromatic rings. The monoisotopic (exact) mass is 443 g/mol. The van der Waals surface area contributed by atoms with Gasteiger partial charge in [0.15, 0.2) is 5.16 Å². The summed E-state index contributed by atoms with van der Waals surface area (Å²) in [6, 6.07) is 22.8. The molecule has 1 heterocycles. The quantitative estimate of drug-likeness (QED) is 0.316. The summed E-state index contributed by atoms with van der Waals surface area (Å²) >= 11 is 1.30. The number of aromatic nitrogens is 2. The number of thioether (sulfide) groups is 1. The second kappa shape index (κ2) is 9.01. The van der Waals surface area contributed by atoms with Gasteiger partial charge in [-0.1, -0.05) is 48.2 Å². The lowest BCUT2D eigenvalue weighted by atomic mass is 10.1. The molecular formula is C26H25N3O2S. The lowest BCUT2D eigenvalue weighted by Crippen LogP contribution is -2.33. The van der Waals surface area contributed by atoms with Crippen molar-refractivity contribution in [2.45, 2.75) is 31.2 Å². The fourth-order valence-electron chi connectivity index (χ4n) is 3.76. The van der Waals surface area contributed by atoms with Crippen molar-refractivity contribution in [3.63, 3.8) is 0 Å². The molecule has 0 N–H and O–H groups in total. The maximum Gasteiger partial charge on any atom is 0.266 e. The number of hydrogen-bond acceptors (Lipinski definition) is 4. The second-order valence-corrected chi connectivity index (χ2v) is 9.20. The van der Waals surface area contributed by atoms with E-state index in [2.05, 4.69) is 6.07 Å². The third-order valence-electron chi connectivity index (χ3n) is 5.31. The number of fused-ring (bicyclic) bond motifs is 1. The van der Waals surface area contributed by atoms with Crippen molar-refractivity contribution < 1.29 is 4.79 Å². The molecule has 3 aromatic carbocycles. The van der Waals surface area contributed by atoms with Crippen LogP contribution >= 0.6 is 11.8 Å². The van der Waals surface area contributed by atoms with Gasteiger partial charge in [-0.05, 0) is 68.3 Å². The number of nitrogens with zero attached hydrogens (tertiary/aromatic N) is 3. The SMILES string of the molecule is Cc1cc(C)cc(-n2c(S[C@H](C)C(=O)N(C)c3ccccc3)nc3ccccc3c2=O)c1. The van der Waals surface area contributed by atoms with Gasteiger partial charge in [0, 0.05) is 12.7 Å². The van der Waals surface area contributed by atoms with E-state index < -0.39 is 5.25 Å². The Labute approximate surface area is 191 Å². The molecule has 0 aliphatic heterocycles. The Bertz CT molecular complexity index is 1330. The van der Waals surface area contributed by atoms with Gasteiger partial charge in [-0.15, -0.1) is 0 Å². The molecule has 1 aromatic heterocycles. The Morgan fingerprint density at radius 1 is 0.969 bits per heavy atom. The Morgan fingerprint density at radius 2 is 1.59 bits per heavy atom. The van der Waals surface area contributed by atoms with Crippen LogP contribution in [0.3, 0.4) is 0 Å². The Hall–Kier alpha value is -3.38. The highest BCUT2D eigenvalue weighted by molar-refractivity contribution is 8.00. The zero-order valence-electron chi connectivity index (χ0n) is 18.6. The van der Waals surface area contributed by atoms with Crippen LogP contribution in [0.15, 0.2) is 82.7 Å². The number of amides is 1. The first-order valence-corrected chi connectivity index (χ1v) is 11.3. The summed E-state index contributed by atoms with van der Waals surface area (Å²) in [6.07, 6.45) is 0. The largest absolute Gasteiger partial charge is 0.315 e. The number of para-hydroxylation sites is 2. The van der Waals surface area contributed by atoms with E-state index in [4.69, 9.17) is 4.98 Å². The van der Waals surface area contributed by atoms with Gasteiger partial charge >= 0.3 is 0 Å². The van der Waals surface area contributed by atoms with Gasteiger partial charge < -0.3 is 4.90 Å². The summed E-state index contributed by atoms with van der Waals surface area (Å²) in [7, 11) is 1.76. The third kappa shape index (κ3) is 4.32. The highest BCUT2D eigenvalue weighted by atomic mass is 32.2. The minimum absolute atomic E-state index is 0.0596. The molecule has 0 bridgehead atoms. The Balaban J connectivity index is 1.79. The molecule has 0 aliphatic carbocycles. The van der Waals surface area contributed by atoms with Crippen molar-refractivity contribution in [3.05, 3.63) is 94.3 Å². The van der Waals surface area contributed by atoms with Crippen molar-refractivity contribution >= 4 is 34.3 Å². The molecule has 5 nitrogen and oxygen atoms in total. The Morgan fingerprint density at radius 3 is 2.28 bits per heavy atom. The number of anilines is 1. The molecule has 1 atom stereocenters. The molecular weight excluding hydrogens is 418 g/mol. The van der Waals surface area contributed by atoms with Crippen LogP contribution in [0.4, 0.5) is 5.69 Å². The van der Waals surface area contributed by atoms with Crippen molar-refractivity contribution in [1.82, 2.24) is 9.55 Å². The molecule has 32 heavy (non-hydrogen) atoms. The van der Waals surface area contributed by atoms with Gasteiger partial charge in [-0.25, -0.2) is 4.98 Å². The topological polar surface area (TPSA) is 55.2 Å². The molecule has 0 spiro atoms. The summed E-state index contributed by atoms with van der Waals surface area (Å²) in [5, 5.41) is 0.614. The molecule has 0 unspecified atom stereocenters. The minimum atomic E-state index is -0.439. The first-order valence-electron chi connectivity index (χ1n) is 10.4. The second-order valence-electron chi connectivity index (χ2n) is 7.89. The van der Waals surface area contributed by atoms with Crippen molar-refractivity contribution in [1.29, 1.82) is 0 Å². The molecule has 1 amide bonds. The van der Waals surface area contributed by atoms with Gasteiger partial charge in [-0.2, -0.15) is 0 Å². The first kappa shape index (κ1) is 21.8. The van der Waals surface area contributed by atoms with Gasteiger partial charge in [0.25, 0.3) is 5.56 Å². The number of benzene rings is 3. The smallest absolute Gasteiger partial charge is 0.266 e. The van der Waals surface area contributed by atoms with Crippen LogP contribution in [-0.2, 0) is 4.79 Å². The number of aryl methyl sites for hydroxylation is 2. The van der Waals surface area contributed by atoms with Crippen LogP contribution < -0.4 is 10.5 Å². The lowest BCUT2D eigenvalue weighted by Gasteiger charge is -2.22. The van der Waals surface area contributed by atoms with Crippen LogP contribution in [0.5, 0.6) is 0 Å². The normalized spacial score (nSPS) is 12.0. The number of hydrogen-bond donors (Lipinski definition) is 0. The predicted octanol–water partition coefficient (Wildman–Crippen LogP) is 5.15. The molecule has 4 rings (SSSR count). The summed E-state index contributed by atoms with van der Waals surface area (Å²) in [4.78, 5) is 33.1. The molecule has 162 valence electrons. The van der Waals surface area contributed by atoms with Crippen LogP contribution in [-0.4, -0.2) is 27.8 Å². The molecule has 0 saturated heterocycles. The van der Waals surface area contributed by atoms with Crippen molar-refractivity contribution in [2.24, 2.45) is 0 Å². The van der Waals surface area contributed by atoms with Crippen LogP contribution in [0, 0.1) is 13.8 Å². The summed E-state index contributed by atoms with van der Waals surface area (Å²) < 4.78 is 1.62. The van der Waals surface area contributed by atoms with Gasteiger partial charge in [-0.3, -0.25) is 14.2 Å². The molecule has 0 fully saturated rings. The van der Waals surface area contributed by atoms with Crippen molar-refractivity contribution in [2.75, 3.05) is 11.9 Å². The summed E-state index contributed by atoms with van der Waals surface area (Å²) in [5.41, 5.74) is 4.18. The van der Waals surface area contributed by atoms with Gasteiger partial charge in [0.1, 0.15) is 0 Å². The van der Waals surface area contributed by atoms with E-state index in [1.807, 2.05) is 81.4 Å². The van der Waals surface area contributed by atoms with E-state index in [9.17, 15) is 9.59 Å². The van der Waals surface area contributed by atoms with Gasteiger partial charge in [0.2, 0.25) is 5.91 Å². The molecule has 0 saturated carbocycles. The minimum Gasteiger partial charge on any atom is -0.315 e. The van der Waals surface area contributed by atoms with Crippen LogP contribution in [0.1, 0.15) is 18.1 Å². The average Bonchev–Trinajstić information content (AvgIpc) is 2.78. The fraction of sp³-hybridized carbons (Fsp3) is 0.192. The van der Waals surface area contributed by atoms with E-state index in [1.165, 1.54) is 11.8 Å². The van der Waals surface area contributed by atoms with E-state index in [0.717, 1.165) is 22.5 Å². The zero-order chi connectivity index (χ0) is 22.8. The first-order chi connectivity index (χ1) is 15.3. The Kier molecular flexibility index (Phi) is 6.15. The van der Waals surface area contributed by atoms with E-state index in [-0.39, 0.29) is 11.5 Å². The molecule has 0 aliphatic rings. The zero-order valence-corrected chi connectivity index (χ0v) is 19.4. The number of carbonyl (C=O) groups excluding carboxylic acids is 1. The summed E-state index contributed by atoms with van der Waals surface area (Å²) in [5.74, 6) is -0.0596. The maximum absolute atomic E-state index is 13.5. The lowest BCUT2D eigenvalue weighted by molar-refractivity contribution is -0.117. The predicted molar refractivity (Wildman–Crippen MR) is 132 cm³/mol. The van der Waals surface area contributed by atoms with Crippen LogP contribution in [0.2, 0.25) is 0 Å². The fourth-order valence-corrected chi connectivity index (χ4v) is 4.78. The van der Waals surface area contributed by atoms with Crippen molar-refractivity contribution in [3.8, 4) is 5.69 Å². The van der Waals surface area contributed by atoms with E-state index in [1.54, 1.807) is 22.6 Å². The standard InChI is InChI=1S/C26H25N3O2S/c1-17-14-18(2)16-21(15-17)29-25(31)22-12-8-9-13-23(22)27-26(29)32-19(3)24(30)28(4)20-10-6-5-7-11-20/h5-16,19H,1-4H3/t19-/m1/s1. The van der Waals surface area contributed by atoms with E-state index >= 15 is 0 Å². The maximum atomic E-state index is 13.5. The molecule has 0 radical (unpaired) electrons. The highest BCUT2D eigenvalue weighted by Crippen LogP contribution is 2.27. The van der Waals surface area contributed by atoms with Gasteiger partial charge in [0.05, 0.1) is 21.8 Å². The number of rotatable bonds is 5. The highest BCUT2D eigenvalue weighted by Gasteiger charge is 2.23. The van der Waals surface area contributed by atoms with Crippen LogP contribution in [0.25, 0.3) is 16.6 Å². The number of carbonyl (C=O) groups is 1. The summed E-state index contributed by atoms with van der Waals surface area (Å²) in [6.45, 7) is 5.85.